The molecule has 1 heterocycles. The van der Waals surface area contributed by atoms with Crippen molar-refractivity contribution in [3.63, 3.8) is 0 Å². The summed E-state index contributed by atoms with van der Waals surface area (Å²) in [5.74, 6) is 0.126. The second-order valence-corrected chi connectivity index (χ2v) is 5.00. The molecule has 1 saturated heterocycles. The van der Waals surface area contributed by atoms with Crippen LogP contribution in [-0.2, 0) is 10.0 Å². The Labute approximate surface area is 73.8 Å². The maximum absolute atomic E-state index is 10.5. The summed E-state index contributed by atoms with van der Waals surface area (Å²) in [6.07, 6.45) is 2.92. The van der Waals surface area contributed by atoms with Gasteiger partial charge >= 0.3 is 0 Å². The molecule has 0 spiro atoms. The van der Waals surface area contributed by atoms with Crippen molar-refractivity contribution in [2.24, 2.45) is 5.14 Å². The minimum absolute atomic E-state index is 0.126. The van der Waals surface area contributed by atoms with Gasteiger partial charge in [-0.25, -0.2) is 13.6 Å². The van der Waals surface area contributed by atoms with E-state index in [1.807, 2.05) is 0 Å². The molecule has 0 aromatic carbocycles. The van der Waals surface area contributed by atoms with Crippen LogP contribution in [0, 0.1) is 0 Å². The minimum atomic E-state index is -3.23. The highest BCUT2D eigenvalue weighted by Crippen LogP contribution is 2.06. The molecule has 4 nitrogen and oxygen atoms in total. The van der Waals surface area contributed by atoms with E-state index in [0.29, 0.717) is 6.42 Å². The van der Waals surface area contributed by atoms with E-state index in [2.05, 4.69) is 4.90 Å². The Balaban J connectivity index is 1.95. The number of likely N-dealkylation sites (tertiary alicyclic amines) is 1. The van der Waals surface area contributed by atoms with Crippen LogP contribution in [0.2, 0.25) is 0 Å². The van der Waals surface area contributed by atoms with E-state index >= 15 is 0 Å². The van der Waals surface area contributed by atoms with Gasteiger partial charge in [0.1, 0.15) is 0 Å². The first-order valence-electron chi connectivity index (χ1n) is 4.31. The Bertz CT molecular complexity index is 222. The molecule has 0 aliphatic carbocycles. The van der Waals surface area contributed by atoms with Crippen molar-refractivity contribution < 1.29 is 8.42 Å². The van der Waals surface area contributed by atoms with Crippen LogP contribution in [0.4, 0.5) is 0 Å². The van der Waals surface area contributed by atoms with Crippen molar-refractivity contribution in [1.82, 2.24) is 4.90 Å². The number of primary sulfonamides is 1. The SMILES string of the molecule is NS(=O)(=O)CCCCN1CCC1. The second kappa shape index (κ2) is 4.20. The maximum Gasteiger partial charge on any atom is 0.209 e. The van der Waals surface area contributed by atoms with Gasteiger partial charge in [-0.15, -0.1) is 0 Å². The third-order valence-corrected chi connectivity index (χ3v) is 2.96. The Hall–Kier alpha value is -0.130. The average molecular weight is 192 g/mol. The molecule has 1 rings (SSSR count). The van der Waals surface area contributed by atoms with E-state index in [0.717, 1.165) is 13.0 Å². The zero-order valence-electron chi connectivity index (χ0n) is 7.20. The van der Waals surface area contributed by atoms with E-state index in [1.165, 1.54) is 19.5 Å². The van der Waals surface area contributed by atoms with E-state index in [-0.39, 0.29) is 5.75 Å². The molecule has 12 heavy (non-hydrogen) atoms. The number of unbranched alkanes of at least 4 members (excludes halogenated alkanes) is 1. The highest BCUT2D eigenvalue weighted by Gasteiger charge is 2.12. The maximum atomic E-state index is 10.5. The number of rotatable bonds is 5. The van der Waals surface area contributed by atoms with Crippen LogP contribution >= 0.6 is 0 Å². The quantitative estimate of drug-likeness (QED) is 0.611. The van der Waals surface area contributed by atoms with Gasteiger partial charge < -0.3 is 4.90 Å². The fraction of sp³-hybridized carbons (Fsp3) is 1.00. The fourth-order valence-corrected chi connectivity index (χ4v) is 1.85. The monoisotopic (exact) mass is 192 g/mol. The molecule has 0 atom stereocenters. The summed E-state index contributed by atoms with van der Waals surface area (Å²) in [5, 5.41) is 4.86. The number of nitrogens with two attached hydrogens (primary N) is 1. The molecule has 0 unspecified atom stereocenters. The van der Waals surface area contributed by atoms with Crippen LogP contribution in [0.1, 0.15) is 19.3 Å². The summed E-state index contributed by atoms with van der Waals surface area (Å²) in [7, 11) is -3.23. The summed E-state index contributed by atoms with van der Waals surface area (Å²) in [4.78, 5) is 2.32. The van der Waals surface area contributed by atoms with Gasteiger partial charge in [0.15, 0.2) is 0 Å². The molecule has 0 aromatic heterocycles. The van der Waals surface area contributed by atoms with Gasteiger partial charge in [-0.05, 0) is 38.9 Å². The largest absolute Gasteiger partial charge is 0.303 e. The molecule has 0 radical (unpaired) electrons. The van der Waals surface area contributed by atoms with Crippen LogP contribution in [-0.4, -0.2) is 38.7 Å². The minimum Gasteiger partial charge on any atom is -0.303 e. The topological polar surface area (TPSA) is 63.4 Å². The first-order valence-corrected chi connectivity index (χ1v) is 6.02. The van der Waals surface area contributed by atoms with Gasteiger partial charge in [-0.3, -0.25) is 0 Å². The van der Waals surface area contributed by atoms with Crippen LogP contribution in [0.5, 0.6) is 0 Å². The molecule has 0 saturated carbocycles. The normalized spacial score (nSPS) is 19.1. The molecule has 5 heteroatoms. The first kappa shape index (κ1) is 9.95. The second-order valence-electron chi connectivity index (χ2n) is 3.27. The summed E-state index contributed by atoms with van der Waals surface area (Å²) in [6.45, 7) is 3.38. The van der Waals surface area contributed by atoms with Crippen molar-refractivity contribution in [2.75, 3.05) is 25.4 Å². The summed E-state index contributed by atoms with van der Waals surface area (Å²) >= 11 is 0. The van der Waals surface area contributed by atoms with Crippen molar-refractivity contribution in [3.05, 3.63) is 0 Å². The zero-order chi connectivity index (χ0) is 9.03. The summed E-state index contributed by atoms with van der Waals surface area (Å²) in [5.41, 5.74) is 0. The Morgan fingerprint density at radius 3 is 2.33 bits per heavy atom. The predicted molar refractivity (Wildman–Crippen MR) is 48.3 cm³/mol. The first-order chi connectivity index (χ1) is 5.58. The molecule has 0 amide bonds. The highest BCUT2D eigenvalue weighted by molar-refractivity contribution is 7.89. The standard InChI is InChI=1S/C7H16N2O2S/c8-12(10,11)7-2-1-4-9-5-3-6-9/h1-7H2,(H2,8,10,11). The van der Waals surface area contributed by atoms with Crippen LogP contribution in [0.25, 0.3) is 0 Å². The van der Waals surface area contributed by atoms with Crippen molar-refractivity contribution >= 4 is 10.0 Å². The van der Waals surface area contributed by atoms with Crippen LogP contribution in [0.15, 0.2) is 0 Å². The number of nitrogens with zero attached hydrogens (tertiary/aromatic N) is 1. The summed E-state index contributed by atoms with van der Waals surface area (Å²) < 4.78 is 21.0. The van der Waals surface area contributed by atoms with Gasteiger partial charge in [-0.2, -0.15) is 0 Å². The number of hydrogen-bond acceptors (Lipinski definition) is 3. The van der Waals surface area contributed by atoms with Gasteiger partial charge in [0.25, 0.3) is 0 Å². The van der Waals surface area contributed by atoms with Crippen LogP contribution in [0.3, 0.4) is 0 Å². The number of hydrogen-bond donors (Lipinski definition) is 1. The Morgan fingerprint density at radius 1 is 1.25 bits per heavy atom. The van der Waals surface area contributed by atoms with Crippen LogP contribution < -0.4 is 5.14 Å². The molecule has 1 aliphatic rings. The van der Waals surface area contributed by atoms with Crippen molar-refractivity contribution in [3.8, 4) is 0 Å². The van der Waals surface area contributed by atoms with E-state index in [1.54, 1.807) is 0 Å². The smallest absolute Gasteiger partial charge is 0.209 e. The fourth-order valence-electron chi connectivity index (χ4n) is 1.24. The predicted octanol–water partition coefficient (Wildman–Crippen LogP) is -0.239. The molecule has 2 N–H and O–H groups in total. The lowest BCUT2D eigenvalue weighted by atomic mass is 10.2. The van der Waals surface area contributed by atoms with E-state index in [4.69, 9.17) is 5.14 Å². The van der Waals surface area contributed by atoms with Gasteiger partial charge in [0.05, 0.1) is 5.75 Å². The Morgan fingerprint density at radius 2 is 1.92 bits per heavy atom. The molecular formula is C7H16N2O2S. The third kappa shape index (κ3) is 4.04. The van der Waals surface area contributed by atoms with Crippen molar-refractivity contribution in [1.29, 1.82) is 0 Å². The third-order valence-electron chi connectivity index (χ3n) is 2.10. The molecular weight excluding hydrogens is 176 g/mol. The lowest BCUT2D eigenvalue weighted by Gasteiger charge is -2.30. The lowest BCUT2D eigenvalue weighted by Crippen LogP contribution is -2.37. The number of sulfonamides is 1. The van der Waals surface area contributed by atoms with E-state index in [9.17, 15) is 8.42 Å². The lowest BCUT2D eigenvalue weighted by molar-refractivity contribution is 0.179. The van der Waals surface area contributed by atoms with Gasteiger partial charge in [0, 0.05) is 0 Å². The molecule has 0 aromatic rings. The molecule has 1 aliphatic heterocycles. The van der Waals surface area contributed by atoms with E-state index < -0.39 is 10.0 Å². The molecule has 0 bridgehead atoms. The molecule has 1 fully saturated rings. The zero-order valence-corrected chi connectivity index (χ0v) is 8.02. The molecule has 72 valence electrons. The average Bonchev–Trinajstić information content (AvgIpc) is 1.80. The van der Waals surface area contributed by atoms with Gasteiger partial charge in [0.2, 0.25) is 10.0 Å². The van der Waals surface area contributed by atoms with Gasteiger partial charge in [-0.1, -0.05) is 0 Å². The summed E-state index contributed by atoms with van der Waals surface area (Å²) in [6, 6.07) is 0. The highest BCUT2D eigenvalue weighted by atomic mass is 32.2. The van der Waals surface area contributed by atoms with Crippen molar-refractivity contribution in [2.45, 2.75) is 19.3 Å². The Kier molecular flexibility index (Phi) is 3.49.